The van der Waals surface area contributed by atoms with Gasteiger partial charge in [-0.2, -0.15) is 10.1 Å². The van der Waals surface area contributed by atoms with E-state index in [1.165, 1.54) is 4.68 Å². The molecule has 1 aromatic heterocycles. The van der Waals surface area contributed by atoms with Crippen LogP contribution in [-0.2, 0) is 16.0 Å². The zero-order valence-corrected chi connectivity index (χ0v) is 14.2. The van der Waals surface area contributed by atoms with Crippen LogP contribution in [0.5, 0.6) is 0 Å². The first-order chi connectivity index (χ1) is 11.5. The van der Waals surface area contributed by atoms with Crippen molar-refractivity contribution in [1.29, 1.82) is 0 Å². The number of halogens is 1. The van der Waals surface area contributed by atoms with Gasteiger partial charge in [0.2, 0.25) is 17.8 Å². The van der Waals surface area contributed by atoms with Crippen LogP contribution in [0.1, 0.15) is 37.2 Å². The van der Waals surface area contributed by atoms with Crippen LogP contribution in [0.25, 0.3) is 0 Å². The minimum absolute atomic E-state index is 0.0111. The van der Waals surface area contributed by atoms with Crippen LogP contribution in [0.4, 0.5) is 11.6 Å². The topological polar surface area (TPSA) is 88.9 Å². The summed E-state index contributed by atoms with van der Waals surface area (Å²) in [7, 11) is 0. The summed E-state index contributed by atoms with van der Waals surface area (Å²) < 4.78 is 1.48. The third kappa shape index (κ3) is 3.26. The van der Waals surface area contributed by atoms with E-state index in [1.54, 1.807) is 12.1 Å². The van der Waals surface area contributed by atoms with E-state index in [0.717, 1.165) is 12.0 Å². The molecule has 0 saturated carbocycles. The lowest BCUT2D eigenvalue weighted by atomic mass is 10.1. The Bertz CT molecular complexity index is 802. The molecular formula is C16H18ClN5O2. The van der Waals surface area contributed by atoms with Gasteiger partial charge < -0.3 is 5.32 Å². The van der Waals surface area contributed by atoms with E-state index < -0.39 is 6.04 Å². The van der Waals surface area contributed by atoms with Crippen LogP contribution in [0.2, 0.25) is 5.02 Å². The van der Waals surface area contributed by atoms with Gasteiger partial charge in [-0.15, -0.1) is 0 Å². The zero-order valence-electron chi connectivity index (χ0n) is 13.5. The van der Waals surface area contributed by atoms with Crippen molar-refractivity contribution >= 4 is 35.1 Å². The SMILES string of the molecule is CCCc1nc2n(n1)[C@@H](C(=O)Nc1ccc(C)cc1Cl)CC(=O)N2. The van der Waals surface area contributed by atoms with Crippen molar-refractivity contribution in [2.24, 2.45) is 0 Å². The molecule has 0 aliphatic carbocycles. The predicted molar refractivity (Wildman–Crippen MR) is 91.1 cm³/mol. The molecule has 2 aromatic rings. The summed E-state index contributed by atoms with van der Waals surface area (Å²) in [6, 6.07) is 4.62. The maximum atomic E-state index is 12.6. The maximum Gasteiger partial charge on any atom is 0.249 e. The Morgan fingerprint density at radius 2 is 2.29 bits per heavy atom. The number of rotatable bonds is 4. The highest BCUT2D eigenvalue weighted by Crippen LogP contribution is 2.27. The molecule has 1 aliphatic rings. The van der Waals surface area contributed by atoms with Gasteiger partial charge in [0, 0.05) is 6.42 Å². The minimum Gasteiger partial charge on any atom is -0.323 e. The van der Waals surface area contributed by atoms with Crippen molar-refractivity contribution in [2.45, 2.75) is 39.2 Å². The normalized spacial score (nSPS) is 16.5. The molecule has 7 nitrogen and oxygen atoms in total. The highest BCUT2D eigenvalue weighted by Gasteiger charge is 2.33. The monoisotopic (exact) mass is 347 g/mol. The fourth-order valence-electron chi connectivity index (χ4n) is 2.58. The summed E-state index contributed by atoms with van der Waals surface area (Å²) in [5, 5.41) is 10.2. The fraction of sp³-hybridized carbons (Fsp3) is 0.375. The minimum atomic E-state index is -0.746. The summed E-state index contributed by atoms with van der Waals surface area (Å²) >= 11 is 6.16. The molecule has 0 saturated heterocycles. The number of hydrogen-bond acceptors (Lipinski definition) is 4. The van der Waals surface area contributed by atoms with Gasteiger partial charge in [-0.3, -0.25) is 14.9 Å². The van der Waals surface area contributed by atoms with E-state index in [1.807, 2.05) is 19.9 Å². The molecule has 126 valence electrons. The Morgan fingerprint density at radius 1 is 1.50 bits per heavy atom. The number of benzene rings is 1. The molecule has 1 aromatic carbocycles. The van der Waals surface area contributed by atoms with Crippen LogP contribution in [-0.4, -0.2) is 26.6 Å². The number of aromatic nitrogens is 3. The Kier molecular flexibility index (Phi) is 4.53. The van der Waals surface area contributed by atoms with Crippen molar-refractivity contribution in [3.63, 3.8) is 0 Å². The van der Waals surface area contributed by atoms with E-state index in [4.69, 9.17) is 11.6 Å². The molecule has 0 unspecified atom stereocenters. The third-order valence-corrected chi connectivity index (χ3v) is 4.07. The van der Waals surface area contributed by atoms with E-state index >= 15 is 0 Å². The van der Waals surface area contributed by atoms with Crippen molar-refractivity contribution in [2.75, 3.05) is 10.6 Å². The molecular weight excluding hydrogens is 330 g/mol. The first-order valence-corrected chi connectivity index (χ1v) is 8.18. The maximum absolute atomic E-state index is 12.6. The molecule has 0 fully saturated rings. The van der Waals surface area contributed by atoms with Crippen molar-refractivity contribution in [3.8, 4) is 0 Å². The summed E-state index contributed by atoms with van der Waals surface area (Å²) in [6.07, 6.45) is 1.58. The van der Waals surface area contributed by atoms with E-state index in [0.29, 0.717) is 28.9 Å². The van der Waals surface area contributed by atoms with Gasteiger partial charge in [-0.25, -0.2) is 4.68 Å². The van der Waals surface area contributed by atoms with Gasteiger partial charge in [0.1, 0.15) is 6.04 Å². The van der Waals surface area contributed by atoms with Crippen LogP contribution in [0.15, 0.2) is 18.2 Å². The Hall–Kier alpha value is -2.41. The molecule has 1 atom stereocenters. The van der Waals surface area contributed by atoms with Crippen LogP contribution in [0, 0.1) is 6.92 Å². The number of hydrogen-bond donors (Lipinski definition) is 2. The number of fused-ring (bicyclic) bond motifs is 1. The number of anilines is 2. The smallest absolute Gasteiger partial charge is 0.249 e. The van der Waals surface area contributed by atoms with Gasteiger partial charge in [-0.1, -0.05) is 24.6 Å². The summed E-state index contributed by atoms with van der Waals surface area (Å²) in [5.41, 5.74) is 1.51. The zero-order chi connectivity index (χ0) is 17.3. The first-order valence-electron chi connectivity index (χ1n) is 7.80. The number of aryl methyl sites for hydroxylation is 2. The number of amides is 2. The number of carbonyl (C=O) groups excluding carboxylic acids is 2. The van der Waals surface area contributed by atoms with E-state index in [2.05, 4.69) is 20.7 Å². The predicted octanol–water partition coefficient (Wildman–Crippen LogP) is 2.71. The average molecular weight is 348 g/mol. The quantitative estimate of drug-likeness (QED) is 0.890. The molecule has 8 heteroatoms. The van der Waals surface area contributed by atoms with Crippen LogP contribution >= 0.6 is 11.6 Å². The molecule has 24 heavy (non-hydrogen) atoms. The second-order valence-electron chi connectivity index (χ2n) is 5.79. The Balaban J connectivity index is 1.86. The van der Waals surface area contributed by atoms with E-state index in [9.17, 15) is 9.59 Å². The second kappa shape index (κ2) is 6.60. The molecule has 2 amide bonds. The van der Waals surface area contributed by atoms with Crippen LogP contribution in [0.3, 0.4) is 0 Å². The van der Waals surface area contributed by atoms with E-state index in [-0.39, 0.29) is 18.2 Å². The highest BCUT2D eigenvalue weighted by atomic mass is 35.5. The van der Waals surface area contributed by atoms with Crippen molar-refractivity contribution < 1.29 is 9.59 Å². The summed E-state index contributed by atoms with van der Waals surface area (Å²) in [5.74, 6) is 0.323. The largest absolute Gasteiger partial charge is 0.323 e. The lowest BCUT2D eigenvalue weighted by molar-refractivity contribution is -0.125. The lowest BCUT2D eigenvalue weighted by Gasteiger charge is -2.22. The van der Waals surface area contributed by atoms with Gasteiger partial charge in [0.25, 0.3) is 0 Å². The molecule has 2 N–H and O–H groups in total. The molecule has 0 spiro atoms. The third-order valence-electron chi connectivity index (χ3n) is 3.76. The molecule has 3 rings (SSSR count). The highest BCUT2D eigenvalue weighted by molar-refractivity contribution is 6.33. The van der Waals surface area contributed by atoms with Gasteiger partial charge >= 0.3 is 0 Å². The van der Waals surface area contributed by atoms with Gasteiger partial charge in [-0.05, 0) is 31.0 Å². The summed E-state index contributed by atoms with van der Waals surface area (Å²) in [6.45, 7) is 3.93. The van der Waals surface area contributed by atoms with Crippen molar-refractivity contribution in [1.82, 2.24) is 14.8 Å². The Labute approximate surface area is 144 Å². The molecule has 0 radical (unpaired) electrons. The molecule has 1 aliphatic heterocycles. The number of carbonyl (C=O) groups is 2. The van der Waals surface area contributed by atoms with Crippen molar-refractivity contribution in [3.05, 3.63) is 34.6 Å². The molecule has 2 heterocycles. The average Bonchev–Trinajstić information content (AvgIpc) is 2.91. The second-order valence-corrected chi connectivity index (χ2v) is 6.19. The molecule has 0 bridgehead atoms. The number of nitrogens with zero attached hydrogens (tertiary/aromatic N) is 3. The standard InChI is InChI=1S/C16H18ClN5O2/c1-3-4-13-19-16-20-14(23)8-12(22(16)21-13)15(24)18-11-6-5-9(2)7-10(11)17/h5-7,12H,3-4,8H2,1-2H3,(H,18,24)(H,19,20,21,23)/t12-/m1/s1. The first kappa shape index (κ1) is 16.4. The lowest BCUT2D eigenvalue weighted by Crippen LogP contribution is -2.36. The summed E-state index contributed by atoms with van der Waals surface area (Å²) in [4.78, 5) is 28.8. The fourth-order valence-corrected chi connectivity index (χ4v) is 2.86. The van der Waals surface area contributed by atoms with Gasteiger partial charge in [0.15, 0.2) is 5.82 Å². The van der Waals surface area contributed by atoms with Gasteiger partial charge in [0.05, 0.1) is 17.1 Å². The van der Waals surface area contributed by atoms with Crippen LogP contribution < -0.4 is 10.6 Å². The number of nitrogens with one attached hydrogen (secondary N) is 2. The Morgan fingerprint density at radius 3 is 3.00 bits per heavy atom.